The van der Waals surface area contributed by atoms with Crippen LogP contribution in [0.25, 0.3) is 0 Å². The van der Waals surface area contributed by atoms with Crippen LogP contribution in [-0.4, -0.2) is 24.5 Å². The molecule has 0 radical (unpaired) electrons. The molecule has 0 aromatic rings. The highest BCUT2D eigenvalue weighted by Crippen LogP contribution is 2.34. The van der Waals surface area contributed by atoms with Gasteiger partial charge < -0.3 is 10.6 Å². The van der Waals surface area contributed by atoms with Crippen molar-refractivity contribution in [1.29, 1.82) is 0 Å². The molecular formula is C14H27ClN2O. The van der Waals surface area contributed by atoms with Crippen molar-refractivity contribution < 1.29 is 4.79 Å². The Balaban J connectivity index is 0.00000162. The molecule has 0 aromatic carbocycles. The van der Waals surface area contributed by atoms with Crippen molar-refractivity contribution in [1.82, 2.24) is 10.6 Å². The summed E-state index contributed by atoms with van der Waals surface area (Å²) in [5.74, 6) is 1.05. The van der Waals surface area contributed by atoms with Gasteiger partial charge in [0.05, 0.1) is 0 Å². The molecule has 0 bridgehead atoms. The second kappa shape index (κ2) is 7.34. The minimum atomic E-state index is 0. The van der Waals surface area contributed by atoms with Crippen LogP contribution in [0.15, 0.2) is 0 Å². The van der Waals surface area contributed by atoms with Crippen molar-refractivity contribution in [2.45, 2.75) is 63.8 Å². The van der Waals surface area contributed by atoms with Crippen LogP contribution < -0.4 is 10.6 Å². The first kappa shape index (κ1) is 15.8. The Labute approximate surface area is 117 Å². The Morgan fingerprint density at radius 2 is 2.00 bits per heavy atom. The topological polar surface area (TPSA) is 41.1 Å². The van der Waals surface area contributed by atoms with Crippen LogP contribution in [0.4, 0.5) is 0 Å². The minimum Gasteiger partial charge on any atom is -0.351 e. The van der Waals surface area contributed by atoms with Gasteiger partial charge in [-0.3, -0.25) is 4.79 Å². The predicted molar refractivity (Wildman–Crippen MR) is 77.1 cm³/mol. The fourth-order valence-corrected chi connectivity index (χ4v) is 3.03. The van der Waals surface area contributed by atoms with Crippen LogP contribution in [0, 0.1) is 5.92 Å². The van der Waals surface area contributed by atoms with Gasteiger partial charge in [-0.05, 0) is 64.0 Å². The van der Waals surface area contributed by atoms with E-state index in [0.29, 0.717) is 0 Å². The van der Waals surface area contributed by atoms with Gasteiger partial charge in [0.25, 0.3) is 0 Å². The van der Waals surface area contributed by atoms with Gasteiger partial charge in [-0.2, -0.15) is 0 Å². The molecule has 0 spiro atoms. The Bertz CT molecular complexity index is 255. The third-order valence-electron chi connectivity index (χ3n) is 4.63. The van der Waals surface area contributed by atoms with Crippen molar-refractivity contribution in [3.05, 3.63) is 0 Å². The fourth-order valence-electron chi connectivity index (χ4n) is 3.03. The molecule has 1 saturated carbocycles. The van der Waals surface area contributed by atoms with E-state index >= 15 is 0 Å². The maximum atomic E-state index is 11.9. The maximum Gasteiger partial charge on any atom is 0.220 e. The Kier molecular flexibility index (Phi) is 6.44. The molecule has 0 atom stereocenters. The Hall–Kier alpha value is -0.280. The molecule has 2 aliphatic rings. The van der Waals surface area contributed by atoms with Gasteiger partial charge >= 0.3 is 0 Å². The number of hydrogen-bond acceptors (Lipinski definition) is 2. The summed E-state index contributed by atoms with van der Waals surface area (Å²) >= 11 is 0. The first-order valence-corrected chi connectivity index (χ1v) is 7.26. The van der Waals surface area contributed by atoms with Crippen molar-refractivity contribution in [3.63, 3.8) is 0 Å². The molecule has 106 valence electrons. The zero-order chi connectivity index (χ0) is 12.1. The van der Waals surface area contributed by atoms with E-state index in [1.54, 1.807) is 0 Å². The van der Waals surface area contributed by atoms with Gasteiger partial charge in [-0.15, -0.1) is 12.4 Å². The summed E-state index contributed by atoms with van der Waals surface area (Å²) in [6, 6.07) is 0. The standard InChI is InChI=1S/C14H26N2O.ClH/c1-2-14(8-3-9-14)16-13(17)5-4-12-6-10-15-11-7-12;/h12,15H,2-11H2,1H3,(H,16,17);1H. The van der Waals surface area contributed by atoms with Gasteiger partial charge in [-0.25, -0.2) is 0 Å². The lowest BCUT2D eigenvalue weighted by Gasteiger charge is -2.42. The second-order valence-corrected chi connectivity index (χ2v) is 5.77. The number of rotatable bonds is 5. The van der Waals surface area contributed by atoms with Crippen molar-refractivity contribution in [2.75, 3.05) is 13.1 Å². The van der Waals surface area contributed by atoms with Crippen LogP contribution >= 0.6 is 12.4 Å². The fraction of sp³-hybridized carbons (Fsp3) is 0.929. The Morgan fingerprint density at radius 3 is 2.50 bits per heavy atom. The van der Waals surface area contributed by atoms with E-state index < -0.39 is 0 Å². The lowest BCUT2D eigenvalue weighted by molar-refractivity contribution is -0.124. The molecule has 4 heteroatoms. The number of halogens is 1. The molecule has 0 aromatic heterocycles. The molecule has 1 amide bonds. The number of amides is 1. The first-order chi connectivity index (χ1) is 8.24. The normalized spacial score (nSPS) is 22.7. The van der Waals surface area contributed by atoms with Crippen molar-refractivity contribution in [3.8, 4) is 0 Å². The third-order valence-corrected chi connectivity index (χ3v) is 4.63. The molecule has 1 saturated heterocycles. The van der Waals surface area contributed by atoms with E-state index in [9.17, 15) is 4.79 Å². The summed E-state index contributed by atoms with van der Waals surface area (Å²) in [6.45, 7) is 4.45. The SMILES string of the molecule is CCC1(NC(=O)CCC2CCNCC2)CCC1.Cl. The van der Waals surface area contributed by atoms with Gasteiger partial charge in [0, 0.05) is 12.0 Å². The number of carbonyl (C=O) groups excluding carboxylic acids is 1. The van der Waals surface area contributed by atoms with Crippen LogP contribution in [0.5, 0.6) is 0 Å². The summed E-state index contributed by atoms with van der Waals surface area (Å²) in [6.07, 6.45) is 9.03. The van der Waals surface area contributed by atoms with Crippen LogP contribution in [0.3, 0.4) is 0 Å². The molecule has 3 nitrogen and oxygen atoms in total. The zero-order valence-corrected chi connectivity index (χ0v) is 12.3. The second-order valence-electron chi connectivity index (χ2n) is 5.77. The van der Waals surface area contributed by atoms with Gasteiger partial charge in [0.15, 0.2) is 0 Å². The molecule has 2 rings (SSSR count). The van der Waals surface area contributed by atoms with Crippen LogP contribution in [0.2, 0.25) is 0 Å². The first-order valence-electron chi connectivity index (χ1n) is 7.26. The summed E-state index contributed by atoms with van der Waals surface area (Å²) < 4.78 is 0. The van der Waals surface area contributed by atoms with E-state index in [0.717, 1.165) is 38.3 Å². The number of nitrogens with one attached hydrogen (secondary N) is 2. The highest BCUT2D eigenvalue weighted by molar-refractivity contribution is 5.85. The summed E-state index contributed by atoms with van der Waals surface area (Å²) in [7, 11) is 0. The number of carbonyl (C=O) groups is 1. The van der Waals surface area contributed by atoms with E-state index in [-0.39, 0.29) is 23.9 Å². The lowest BCUT2D eigenvalue weighted by Crippen LogP contribution is -2.53. The predicted octanol–water partition coefficient (Wildman–Crippen LogP) is 2.64. The van der Waals surface area contributed by atoms with Gasteiger partial charge in [-0.1, -0.05) is 6.92 Å². The summed E-state index contributed by atoms with van der Waals surface area (Å²) in [5, 5.41) is 6.63. The quantitative estimate of drug-likeness (QED) is 0.809. The molecule has 2 fully saturated rings. The minimum absolute atomic E-state index is 0. The molecule has 1 aliphatic heterocycles. The van der Waals surface area contributed by atoms with E-state index in [1.807, 2.05) is 0 Å². The molecular weight excluding hydrogens is 248 g/mol. The highest BCUT2D eigenvalue weighted by Gasteiger charge is 2.36. The average Bonchev–Trinajstić information content (AvgIpc) is 2.33. The largest absolute Gasteiger partial charge is 0.351 e. The van der Waals surface area contributed by atoms with E-state index in [2.05, 4.69) is 17.6 Å². The van der Waals surface area contributed by atoms with Crippen LogP contribution in [0.1, 0.15) is 58.3 Å². The van der Waals surface area contributed by atoms with E-state index in [4.69, 9.17) is 0 Å². The average molecular weight is 275 g/mol. The van der Waals surface area contributed by atoms with Crippen molar-refractivity contribution in [2.24, 2.45) is 5.92 Å². The molecule has 2 N–H and O–H groups in total. The van der Waals surface area contributed by atoms with Gasteiger partial charge in [0.2, 0.25) is 5.91 Å². The summed E-state index contributed by atoms with van der Waals surface area (Å²) in [5.41, 5.74) is 0.172. The molecule has 0 unspecified atom stereocenters. The zero-order valence-electron chi connectivity index (χ0n) is 11.5. The monoisotopic (exact) mass is 274 g/mol. The third kappa shape index (κ3) is 4.13. The summed E-state index contributed by atoms with van der Waals surface area (Å²) in [4.78, 5) is 11.9. The van der Waals surface area contributed by atoms with Crippen molar-refractivity contribution >= 4 is 18.3 Å². The Morgan fingerprint density at radius 1 is 1.33 bits per heavy atom. The maximum absolute atomic E-state index is 11.9. The highest BCUT2D eigenvalue weighted by atomic mass is 35.5. The molecule has 1 heterocycles. The number of hydrogen-bond donors (Lipinski definition) is 2. The van der Waals surface area contributed by atoms with E-state index in [1.165, 1.54) is 32.1 Å². The molecule has 18 heavy (non-hydrogen) atoms. The van der Waals surface area contributed by atoms with Crippen LogP contribution in [-0.2, 0) is 4.79 Å². The van der Waals surface area contributed by atoms with Gasteiger partial charge in [0.1, 0.15) is 0 Å². The smallest absolute Gasteiger partial charge is 0.220 e. The lowest BCUT2D eigenvalue weighted by atomic mass is 9.74. The number of piperidine rings is 1. The molecule has 1 aliphatic carbocycles.